The molecule has 0 aromatic carbocycles. The number of carboxylic acids is 2. The number of thiol groups is 1. The smallest absolute Gasteiger partial charge is 0.326 e. The second kappa shape index (κ2) is 25.8. The van der Waals surface area contributed by atoms with Gasteiger partial charge in [0.05, 0.1) is 6.04 Å². The minimum Gasteiger partial charge on any atom is -0.480 e. The molecule has 43 heavy (non-hydrogen) atoms. The van der Waals surface area contributed by atoms with E-state index in [1.165, 1.54) is 77.6 Å². The normalized spacial score (nSPS) is 13.0. The highest BCUT2D eigenvalue weighted by Crippen LogP contribution is 2.14. The number of carboxylic acid groups (broad SMARTS) is 2. The Morgan fingerprint density at radius 3 is 1.21 bits per heavy atom. The van der Waals surface area contributed by atoms with Crippen molar-refractivity contribution in [1.82, 2.24) is 16.0 Å². The van der Waals surface area contributed by atoms with Crippen molar-refractivity contribution in [2.45, 2.75) is 160 Å². The van der Waals surface area contributed by atoms with Gasteiger partial charge in [-0.15, -0.1) is 12.6 Å². The lowest BCUT2D eigenvalue weighted by Gasteiger charge is -2.17. The van der Waals surface area contributed by atoms with E-state index in [4.69, 9.17) is 0 Å². The van der Waals surface area contributed by atoms with Crippen LogP contribution in [0.4, 0.5) is 0 Å². The molecule has 2 unspecified atom stereocenters. The summed E-state index contributed by atoms with van der Waals surface area (Å²) in [6, 6.07) is -3.48. The number of carbonyl (C=O) groups excluding carboxylic acids is 4. The fraction of sp³-hybridized carbons (Fsp3) is 0.806. The number of nitrogens with one attached hydrogen (secondary N) is 3. The zero-order chi connectivity index (χ0) is 32.5. The fourth-order valence-electron chi connectivity index (χ4n) is 4.63. The Hall–Kier alpha value is -2.63. The Kier molecular flexibility index (Phi) is 24.3. The molecule has 5 N–H and O–H groups in total. The monoisotopic (exact) mass is 629 g/mol. The average molecular weight is 630 g/mol. The maximum Gasteiger partial charge on any atom is 0.326 e. The molecule has 0 aliphatic rings. The summed E-state index contributed by atoms with van der Waals surface area (Å²) in [5.41, 5.74) is 0. The standard InChI is InChI=1S/C31H55N3O8S/c1-3-4-5-6-7-8-9-10-11-12-13-14-15-16-17-18-26(35)33-24(29(38)39)20-22-28(37)34-25(30(40)41)19-21-27(36)32-23(2)31(42)43/h23-25H,3-22H2,1-2H3,(H,32,36)(H,33,35)(H,34,37)(H,38,39)(H,40,41)(H,42,43)/t23?,24?,25-/m0/s1. The molecule has 0 aliphatic heterocycles. The van der Waals surface area contributed by atoms with Gasteiger partial charge >= 0.3 is 11.9 Å². The second-order valence-electron chi connectivity index (χ2n) is 11.3. The quantitative estimate of drug-likeness (QED) is 0.0522. The van der Waals surface area contributed by atoms with Crippen molar-refractivity contribution in [3.8, 4) is 0 Å². The van der Waals surface area contributed by atoms with Crippen molar-refractivity contribution < 1.29 is 39.0 Å². The van der Waals surface area contributed by atoms with Gasteiger partial charge in [0, 0.05) is 19.3 Å². The Bertz CT molecular complexity index is 855. The van der Waals surface area contributed by atoms with Crippen molar-refractivity contribution in [3.05, 3.63) is 0 Å². The molecule has 0 saturated heterocycles. The number of hydrogen-bond acceptors (Lipinski definition) is 6. The van der Waals surface area contributed by atoms with Gasteiger partial charge < -0.3 is 26.2 Å². The van der Waals surface area contributed by atoms with Gasteiger partial charge in [0.25, 0.3) is 0 Å². The molecule has 0 fully saturated rings. The molecular formula is C31H55N3O8S. The van der Waals surface area contributed by atoms with Gasteiger partial charge in [-0.1, -0.05) is 96.8 Å². The second-order valence-corrected chi connectivity index (χ2v) is 11.8. The molecule has 0 spiro atoms. The van der Waals surface area contributed by atoms with Crippen molar-refractivity contribution in [2.75, 3.05) is 0 Å². The summed E-state index contributed by atoms with van der Waals surface area (Å²) >= 11 is 3.61. The van der Waals surface area contributed by atoms with Crippen molar-refractivity contribution in [3.63, 3.8) is 0 Å². The lowest BCUT2D eigenvalue weighted by molar-refractivity contribution is -0.143. The molecule has 0 aromatic heterocycles. The summed E-state index contributed by atoms with van der Waals surface area (Å²) in [7, 11) is 0. The number of unbranched alkanes of at least 4 members (excludes halogenated alkanes) is 14. The van der Waals surface area contributed by atoms with Gasteiger partial charge in [-0.3, -0.25) is 19.2 Å². The Labute approximate surface area is 262 Å². The Balaban J connectivity index is 4.12. The Morgan fingerprint density at radius 1 is 0.535 bits per heavy atom. The maximum absolute atomic E-state index is 12.3. The van der Waals surface area contributed by atoms with Gasteiger partial charge in [-0.2, -0.15) is 0 Å². The summed E-state index contributed by atoms with van der Waals surface area (Å²) in [4.78, 5) is 70.6. The van der Waals surface area contributed by atoms with E-state index in [1.54, 1.807) is 0 Å². The number of carbonyl (C=O) groups is 6. The first-order chi connectivity index (χ1) is 20.5. The third-order valence-corrected chi connectivity index (χ3v) is 7.73. The van der Waals surface area contributed by atoms with Crippen LogP contribution in [0, 0.1) is 0 Å². The lowest BCUT2D eigenvalue weighted by Crippen LogP contribution is -2.44. The first kappa shape index (κ1) is 40.4. The maximum atomic E-state index is 12.3. The lowest BCUT2D eigenvalue weighted by atomic mass is 10.0. The largest absolute Gasteiger partial charge is 0.480 e. The van der Waals surface area contributed by atoms with Crippen LogP contribution in [0.15, 0.2) is 0 Å². The van der Waals surface area contributed by atoms with Crippen LogP contribution < -0.4 is 16.0 Å². The summed E-state index contributed by atoms with van der Waals surface area (Å²) in [6.07, 6.45) is 17.3. The molecule has 0 aliphatic carbocycles. The van der Waals surface area contributed by atoms with Crippen molar-refractivity contribution in [1.29, 1.82) is 0 Å². The van der Waals surface area contributed by atoms with Crippen LogP contribution in [0.1, 0.15) is 142 Å². The third kappa shape index (κ3) is 23.5. The van der Waals surface area contributed by atoms with Gasteiger partial charge in [0.1, 0.15) is 12.1 Å². The Morgan fingerprint density at radius 2 is 0.860 bits per heavy atom. The molecule has 0 aromatic rings. The highest BCUT2D eigenvalue weighted by Gasteiger charge is 2.24. The van der Waals surface area contributed by atoms with Crippen LogP contribution in [-0.4, -0.2) is 63.1 Å². The van der Waals surface area contributed by atoms with E-state index >= 15 is 0 Å². The summed E-state index contributed by atoms with van der Waals surface area (Å²) in [5.74, 6) is -4.32. The molecule has 3 amide bonds. The van der Waals surface area contributed by atoms with Crippen molar-refractivity contribution in [2.24, 2.45) is 0 Å². The van der Waals surface area contributed by atoms with E-state index in [0.29, 0.717) is 6.42 Å². The molecule has 0 saturated carbocycles. The van der Waals surface area contributed by atoms with E-state index in [9.17, 15) is 39.0 Å². The van der Waals surface area contributed by atoms with Crippen LogP contribution >= 0.6 is 12.6 Å². The molecule has 3 atom stereocenters. The molecular weight excluding hydrogens is 574 g/mol. The first-order valence-corrected chi connectivity index (χ1v) is 16.5. The minimum atomic E-state index is -1.37. The zero-order valence-corrected chi connectivity index (χ0v) is 27.1. The van der Waals surface area contributed by atoms with E-state index in [-0.39, 0.29) is 32.1 Å². The molecule has 0 radical (unpaired) electrons. The highest BCUT2D eigenvalue weighted by molar-refractivity contribution is 7.96. The van der Waals surface area contributed by atoms with Gasteiger partial charge in [0.15, 0.2) is 0 Å². The van der Waals surface area contributed by atoms with Crippen LogP contribution in [0.25, 0.3) is 0 Å². The van der Waals surface area contributed by atoms with E-state index in [1.807, 2.05) is 0 Å². The summed E-state index contributed by atoms with van der Waals surface area (Å²) in [6.45, 7) is 3.67. The van der Waals surface area contributed by atoms with Gasteiger partial charge in [0.2, 0.25) is 22.8 Å². The van der Waals surface area contributed by atoms with Crippen LogP contribution in [-0.2, 0) is 28.8 Å². The SMILES string of the molecule is CCCCCCCCCCCCCCCCCC(=O)NC(CCC(=O)N[C@@H](CCC(=O)NC(C)C(=O)S)C(=O)O)C(=O)O. The fourth-order valence-corrected chi connectivity index (χ4v) is 4.70. The molecule has 12 heteroatoms. The summed E-state index contributed by atoms with van der Waals surface area (Å²) in [5, 5.41) is 25.3. The van der Waals surface area contributed by atoms with E-state index < -0.39 is 52.9 Å². The average Bonchev–Trinajstić information content (AvgIpc) is 2.94. The number of hydrogen-bond donors (Lipinski definition) is 6. The zero-order valence-electron chi connectivity index (χ0n) is 26.2. The minimum absolute atomic E-state index is 0.203. The van der Waals surface area contributed by atoms with Crippen LogP contribution in [0.3, 0.4) is 0 Å². The summed E-state index contributed by atoms with van der Waals surface area (Å²) < 4.78 is 0. The van der Waals surface area contributed by atoms with Crippen molar-refractivity contribution >= 4 is 47.4 Å². The molecule has 0 heterocycles. The molecule has 0 bridgehead atoms. The number of aliphatic carboxylic acids is 2. The molecule has 0 rings (SSSR count). The number of rotatable bonds is 28. The topological polar surface area (TPSA) is 179 Å². The van der Waals surface area contributed by atoms with Gasteiger partial charge in [-0.25, -0.2) is 9.59 Å². The van der Waals surface area contributed by atoms with E-state index in [0.717, 1.165) is 19.3 Å². The predicted molar refractivity (Wildman–Crippen MR) is 169 cm³/mol. The predicted octanol–water partition coefficient (Wildman–Crippen LogP) is 4.91. The molecule has 248 valence electrons. The van der Waals surface area contributed by atoms with Crippen LogP contribution in [0.5, 0.6) is 0 Å². The van der Waals surface area contributed by atoms with Crippen LogP contribution in [0.2, 0.25) is 0 Å². The molecule has 11 nitrogen and oxygen atoms in total. The first-order valence-electron chi connectivity index (χ1n) is 16.0. The highest BCUT2D eigenvalue weighted by atomic mass is 32.1. The number of amides is 3. The van der Waals surface area contributed by atoms with E-state index in [2.05, 4.69) is 35.5 Å². The van der Waals surface area contributed by atoms with Gasteiger partial charge in [-0.05, 0) is 26.2 Å². The third-order valence-electron chi connectivity index (χ3n) is 7.34.